The van der Waals surface area contributed by atoms with Gasteiger partial charge in [-0.1, -0.05) is 24.3 Å². The number of anilines is 1. The molecule has 3 aromatic rings. The van der Waals surface area contributed by atoms with E-state index in [1.165, 1.54) is 12.1 Å². The van der Waals surface area contributed by atoms with Crippen LogP contribution in [0.4, 0.5) is 23.2 Å². The average molecular weight is 492 g/mol. The number of ether oxygens (including phenoxy) is 1. The maximum Gasteiger partial charge on any atom is 0.416 e. The highest BCUT2D eigenvalue weighted by Gasteiger charge is 2.32. The fourth-order valence-corrected chi connectivity index (χ4v) is 4.76. The van der Waals surface area contributed by atoms with Crippen molar-refractivity contribution in [3.63, 3.8) is 0 Å². The SMILES string of the molecule is Cc1ccc(COc2ccc3c(c2)N(Sc2cccc(C(F)(F)F)c2)CC(C(=O)O)C3)cc1F. The lowest BCUT2D eigenvalue weighted by Crippen LogP contribution is -2.35. The monoisotopic (exact) mass is 491 g/mol. The predicted molar refractivity (Wildman–Crippen MR) is 121 cm³/mol. The number of hydrogen-bond acceptors (Lipinski definition) is 4. The van der Waals surface area contributed by atoms with Crippen LogP contribution in [0.5, 0.6) is 5.75 Å². The molecule has 0 saturated carbocycles. The summed E-state index contributed by atoms with van der Waals surface area (Å²) in [5.41, 5.74) is 1.85. The maximum absolute atomic E-state index is 13.8. The Kier molecular flexibility index (Phi) is 6.74. The van der Waals surface area contributed by atoms with E-state index in [0.717, 1.165) is 29.6 Å². The summed E-state index contributed by atoms with van der Waals surface area (Å²) in [7, 11) is 0. The van der Waals surface area contributed by atoms with Gasteiger partial charge in [0.15, 0.2) is 0 Å². The molecule has 0 fully saturated rings. The molecule has 178 valence electrons. The zero-order valence-corrected chi connectivity index (χ0v) is 18.9. The molecule has 1 aliphatic heterocycles. The van der Waals surface area contributed by atoms with Crippen LogP contribution in [0.2, 0.25) is 0 Å². The number of nitrogens with zero attached hydrogens (tertiary/aromatic N) is 1. The van der Waals surface area contributed by atoms with E-state index in [1.807, 2.05) is 0 Å². The van der Waals surface area contributed by atoms with Gasteiger partial charge in [0.2, 0.25) is 0 Å². The van der Waals surface area contributed by atoms with Gasteiger partial charge in [-0.2, -0.15) is 13.2 Å². The van der Waals surface area contributed by atoms with Gasteiger partial charge in [0, 0.05) is 17.5 Å². The molecule has 9 heteroatoms. The highest BCUT2D eigenvalue weighted by molar-refractivity contribution is 8.00. The normalized spacial score (nSPS) is 15.7. The standard InChI is InChI=1S/C25H21F4NO3S/c1-15-5-6-16(9-22(15)26)14-33-20-8-7-17-10-18(24(31)32)13-30(23(17)12-20)34-21-4-2-3-19(11-21)25(27,28)29/h2-9,11-12,18H,10,13-14H2,1H3,(H,31,32). The van der Waals surface area contributed by atoms with E-state index >= 15 is 0 Å². The van der Waals surface area contributed by atoms with E-state index in [-0.39, 0.29) is 19.0 Å². The molecule has 4 nitrogen and oxygen atoms in total. The molecular formula is C25H21F4NO3S. The van der Waals surface area contributed by atoms with Gasteiger partial charge in [0.25, 0.3) is 0 Å². The average Bonchev–Trinajstić information content (AvgIpc) is 2.79. The molecule has 1 unspecified atom stereocenters. The van der Waals surface area contributed by atoms with Crippen molar-refractivity contribution < 1.29 is 32.2 Å². The molecule has 0 aromatic heterocycles. The van der Waals surface area contributed by atoms with Crippen LogP contribution in [0.15, 0.2) is 65.6 Å². The Balaban J connectivity index is 1.59. The fraction of sp³-hybridized carbons (Fsp3) is 0.240. The number of carboxylic acid groups (broad SMARTS) is 1. The molecule has 0 aliphatic carbocycles. The third-order valence-corrected chi connectivity index (χ3v) is 6.58. The van der Waals surface area contributed by atoms with Crippen molar-refractivity contribution in [2.24, 2.45) is 5.92 Å². The van der Waals surface area contributed by atoms with E-state index in [0.29, 0.717) is 33.9 Å². The van der Waals surface area contributed by atoms with Gasteiger partial charge in [-0.3, -0.25) is 4.79 Å². The Morgan fingerprint density at radius 1 is 1.15 bits per heavy atom. The van der Waals surface area contributed by atoms with Crippen molar-refractivity contribution in [2.45, 2.75) is 31.0 Å². The van der Waals surface area contributed by atoms with Crippen molar-refractivity contribution in [1.29, 1.82) is 0 Å². The lowest BCUT2D eigenvalue weighted by molar-refractivity contribution is -0.141. The molecule has 4 rings (SSSR count). The van der Waals surface area contributed by atoms with E-state index in [9.17, 15) is 27.5 Å². The van der Waals surface area contributed by atoms with E-state index < -0.39 is 23.6 Å². The predicted octanol–water partition coefficient (Wildman–Crippen LogP) is 6.50. The summed E-state index contributed by atoms with van der Waals surface area (Å²) < 4.78 is 60.7. The molecule has 1 atom stereocenters. The Morgan fingerprint density at radius 3 is 2.65 bits per heavy atom. The summed E-state index contributed by atoms with van der Waals surface area (Å²) >= 11 is 1.05. The van der Waals surface area contributed by atoms with E-state index in [1.54, 1.807) is 47.6 Å². The van der Waals surface area contributed by atoms with Crippen LogP contribution < -0.4 is 9.04 Å². The molecule has 0 spiro atoms. The molecule has 3 aromatic carbocycles. The van der Waals surface area contributed by atoms with Gasteiger partial charge >= 0.3 is 12.1 Å². The largest absolute Gasteiger partial charge is 0.489 e. The summed E-state index contributed by atoms with van der Waals surface area (Å²) in [6.07, 6.45) is -4.18. The lowest BCUT2D eigenvalue weighted by Gasteiger charge is -2.33. The second-order valence-corrected chi connectivity index (χ2v) is 9.17. The topological polar surface area (TPSA) is 49.8 Å². The number of aryl methyl sites for hydroxylation is 1. The first kappa shape index (κ1) is 23.9. The first-order valence-electron chi connectivity index (χ1n) is 10.5. The lowest BCUT2D eigenvalue weighted by atomic mass is 9.94. The van der Waals surface area contributed by atoms with Crippen LogP contribution in [-0.2, 0) is 24.0 Å². The Labute approximate surface area is 198 Å². The second-order valence-electron chi connectivity index (χ2n) is 8.08. The van der Waals surface area contributed by atoms with Crippen LogP contribution in [0.3, 0.4) is 0 Å². The highest BCUT2D eigenvalue weighted by atomic mass is 32.2. The molecule has 34 heavy (non-hydrogen) atoms. The summed E-state index contributed by atoms with van der Waals surface area (Å²) in [6.45, 7) is 1.93. The highest BCUT2D eigenvalue weighted by Crippen LogP contribution is 2.40. The third kappa shape index (κ3) is 5.47. The Hall–Kier alpha value is -3.20. The molecule has 0 amide bonds. The molecule has 1 aliphatic rings. The van der Waals surface area contributed by atoms with Crippen LogP contribution >= 0.6 is 11.9 Å². The van der Waals surface area contributed by atoms with E-state index in [2.05, 4.69) is 0 Å². The molecule has 1 heterocycles. The van der Waals surface area contributed by atoms with Crippen molar-refractivity contribution in [3.8, 4) is 5.75 Å². The third-order valence-electron chi connectivity index (χ3n) is 5.55. The van der Waals surface area contributed by atoms with Crippen LogP contribution in [0.25, 0.3) is 0 Å². The molecule has 0 radical (unpaired) electrons. The molecule has 0 saturated heterocycles. The number of rotatable bonds is 6. The molecule has 0 bridgehead atoms. The van der Waals surface area contributed by atoms with Crippen LogP contribution in [0, 0.1) is 18.7 Å². The zero-order valence-electron chi connectivity index (χ0n) is 18.1. The van der Waals surface area contributed by atoms with Crippen molar-refractivity contribution in [2.75, 3.05) is 10.8 Å². The Morgan fingerprint density at radius 2 is 1.94 bits per heavy atom. The second kappa shape index (κ2) is 9.58. The quantitative estimate of drug-likeness (QED) is 0.315. The number of aliphatic carboxylic acids is 1. The van der Waals surface area contributed by atoms with Crippen molar-refractivity contribution >= 4 is 23.6 Å². The Bertz CT molecular complexity index is 1220. The first-order valence-corrected chi connectivity index (χ1v) is 11.2. The van der Waals surface area contributed by atoms with Gasteiger partial charge in [-0.15, -0.1) is 0 Å². The number of hydrogen-bond donors (Lipinski definition) is 1. The number of halogens is 4. The number of benzene rings is 3. The first-order chi connectivity index (χ1) is 16.1. The smallest absolute Gasteiger partial charge is 0.416 e. The minimum atomic E-state index is -4.48. The minimum Gasteiger partial charge on any atom is -0.489 e. The van der Waals surface area contributed by atoms with Gasteiger partial charge in [-0.25, -0.2) is 4.39 Å². The van der Waals surface area contributed by atoms with Gasteiger partial charge < -0.3 is 14.1 Å². The number of alkyl halides is 3. The minimum absolute atomic E-state index is 0.121. The molecule has 1 N–H and O–H groups in total. The summed E-state index contributed by atoms with van der Waals surface area (Å²) in [4.78, 5) is 12.0. The summed E-state index contributed by atoms with van der Waals surface area (Å²) in [5.74, 6) is -1.51. The summed E-state index contributed by atoms with van der Waals surface area (Å²) in [5, 5.41) is 9.57. The van der Waals surface area contributed by atoms with Crippen LogP contribution in [-0.4, -0.2) is 17.6 Å². The van der Waals surface area contributed by atoms with Crippen molar-refractivity contribution in [1.82, 2.24) is 0 Å². The van der Waals surface area contributed by atoms with Gasteiger partial charge in [0.1, 0.15) is 18.2 Å². The molecular weight excluding hydrogens is 470 g/mol. The van der Waals surface area contributed by atoms with Crippen LogP contribution in [0.1, 0.15) is 22.3 Å². The maximum atomic E-state index is 13.8. The van der Waals surface area contributed by atoms with Crippen molar-refractivity contribution in [3.05, 3.63) is 88.7 Å². The van der Waals surface area contributed by atoms with E-state index in [4.69, 9.17) is 4.74 Å². The van der Waals surface area contributed by atoms with Gasteiger partial charge in [0.05, 0.1) is 17.2 Å². The zero-order chi connectivity index (χ0) is 24.5. The number of carboxylic acids is 1. The fourth-order valence-electron chi connectivity index (χ4n) is 3.67. The number of fused-ring (bicyclic) bond motifs is 1. The van der Waals surface area contributed by atoms with Gasteiger partial charge in [-0.05, 0) is 72.3 Å². The summed E-state index contributed by atoms with van der Waals surface area (Å²) in [6, 6.07) is 15.0. The number of carbonyl (C=O) groups is 1.